The number of benzene rings is 1. The zero-order valence-corrected chi connectivity index (χ0v) is 15.4. The number of likely N-dealkylation sites (tertiary alicyclic amines) is 1. The van der Waals surface area contributed by atoms with Crippen molar-refractivity contribution in [3.8, 4) is 0 Å². The summed E-state index contributed by atoms with van der Waals surface area (Å²) in [5.74, 6) is 0.0547. The molecular formula is C17H27Cl2N3O2. The van der Waals surface area contributed by atoms with Gasteiger partial charge in [0, 0.05) is 37.7 Å². The van der Waals surface area contributed by atoms with Gasteiger partial charge in [0.05, 0.1) is 6.10 Å². The second-order valence-corrected chi connectivity index (χ2v) is 6.38. The van der Waals surface area contributed by atoms with Crippen LogP contribution in [0.15, 0.2) is 24.3 Å². The molecule has 2 unspecified atom stereocenters. The highest BCUT2D eigenvalue weighted by molar-refractivity contribution is 5.94. The Labute approximate surface area is 156 Å². The van der Waals surface area contributed by atoms with Gasteiger partial charge in [0.2, 0.25) is 0 Å². The van der Waals surface area contributed by atoms with Gasteiger partial charge in [0.15, 0.2) is 0 Å². The van der Waals surface area contributed by atoms with Gasteiger partial charge in [0.25, 0.3) is 5.91 Å². The van der Waals surface area contributed by atoms with Gasteiger partial charge in [-0.1, -0.05) is 12.1 Å². The normalized spacial score (nSPS) is 23.4. The molecule has 0 radical (unpaired) electrons. The summed E-state index contributed by atoms with van der Waals surface area (Å²) < 4.78 is 0. The molecule has 0 saturated carbocycles. The summed E-state index contributed by atoms with van der Waals surface area (Å²) in [7, 11) is 0. The molecule has 0 aliphatic carbocycles. The van der Waals surface area contributed by atoms with Gasteiger partial charge >= 0.3 is 0 Å². The van der Waals surface area contributed by atoms with E-state index in [2.05, 4.69) is 21.6 Å². The third-order valence-electron chi connectivity index (χ3n) is 4.62. The number of amides is 1. The van der Waals surface area contributed by atoms with Crippen molar-refractivity contribution in [3.05, 3.63) is 35.4 Å². The molecule has 1 aromatic carbocycles. The molecule has 1 amide bonds. The van der Waals surface area contributed by atoms with Gasteiger partial charge in [-0.3, -0.25) is 9.69 Å². The lowest BCUT2D eigenvalue weighted by molar-refractivity contribution is 0.0927. The van der Waals surface area contributed by atoms with Crippen molar-refractivity contribution in [2.24, 2.45) is 5.92 Å². The summed E-state index contributed by atoms with van der Waals surface area (Å²) in [6, 6.07) is 7.87. The van der Waals surface area contributed by atoms with Gasteiger partial charge in [0.1, 0.15) is 0 Å². The average Bonchev–Trinajstić information content (AvgIpc) is 3.17. The van der Waals surface area contributed by atoms with Crippen LogP contribution in [0.5, 0.6) is 0 Å². The highest BCUT2D eigenvalue weighted by atomic mass is 35.5. The Morgan fingerprint density at radius 2 is 2.00 bits per heavy atom. The number of nitrogens with one attached hydrogen (secondary N) is 2. The number of rotatable bonds is 5. The van der Waals surface area contributed by atoms with Gasteiger partial charge in [-0.15, -0.1) is 24.8 Å². The van der Waals surface area contributed by atoms with E-state index in [0.29, 0.717) is 18.7 Å². The Bertz CT molecular complexity index is 524. The van der Waals surface area contributed by atoms with Gasteiger partial charge in [-0.05, 0) is 43.6 Å². The van der Waals surface area contributed by atoms with Gasteiger partial charge in [-0.2, -0.15) is 0 Å². The molecule has 7 heteroatoms. The molecule has 2 aliphatic rings. The Kier molecular flexibility index (Phi) is 9.02. The van der Waals surface area contributed by atoms with Crippen LogP contribution in [-0.2, 0) is 6.54 Å². The van der Waals surface area contributed by atoms with Crippen LogP contribution in [0.25, 0.3) is 0 Å². The average molecular weight is 376 g/mol. The predicted octanol–water partition coefficient (Wildman–Crippen LogP) is 1.44. The molecule has 2 atom stereocenters. The molecule has 2 fully saturated rings. The number of β-amino-alcohol motifs (C(OH)–C–C–N with tert-alkyl or cyclic N) is 1. The number of carbonyl (C=O) groups excluding carboxylic acids is 1. The maximum Gasteiger partial charge on any atom is 0.251 e. The first-order valence-electron chi connectivity index (χ1n) is 8.20. The third kappa shape index (κ3) is 5.60. The lowest BCUT2D eigenvalue weighted by Crippen LogP contribution is -2.34. The Morgan fingerprint density at radius 3 is 2.67 bits per heavy atom. The number of aliphatic hydroxyl groups is 1. The standard InChI is InChI=1S/C17H25N3O2.2ClH/c21-16-11-18-9-15(16)10-19-17(22)14-5-3-4-13(8-14)12-20-6-1-2-7-20;;/h3-5,8,15-16,18,21H,1-2,6-7,9-12H2,(H,19,22);2*1H. The number of hydrogen-bond acceptors (Lipinski definition) is 4. The van der Waals surface area contributed by atoms with Crippen LogP contribution in [0.3, 0.4) is 0 Å². The van der Waals surface area contributed by atoms with E-state index >= 15 is 0 Å². The van der Waals surface area contributed by atoms with Crippen LogP contribution in [0.1, 0.15) is 28.8 Å². The minimum Gasteiger partial charge on any atom is -0.391 e. The lowest BCUT2D eigenvalue weighted by Gasteiger charge is -2.16. The zero-order chi connectivity index (χ0) is 15.4. The van der Waals surface area contributed by atoms with E-state index in [1.165, 1.54) is 18.4 Å². The Morgan fingerprint density at radius 1 is 1.25 bits per heavy atom. The summed E-state index contributed by atoms with van der Waals surface area (Å²) in [4.78, 5) is 14.7. The maximum atomic E-state index is 12.3. The lowest BCUT2D eigenvalue weighted by atomic mass is 10.1. The fourth-order valence-corrected chi connectivity index (χ4v) is 3.26. The number of hydrogen-bond donors (Lipinski definition) is 3. The molecule has 2 heterocycles. The van der Waals surface area contributed by atoms with Gasteiger partial charge < -0.3 is 15.7 Å². The van der Waals surface area contributed by atoms with Crippen molar-refractivity contribution in [1.29, 1.82) is 0 Å². The first kappa shape index (κ1) is 21.2. The van der Waals surface area contributed by atoms with Crippen LogP contribution in [-0.4, -0.2) is 54.7 Å². The second-order valence-electron chi connectivity index (χ2n) is 6.38. The van der Waals surface area contributed by atoms with Crippen molar-refractivity contribution in [2.45, 2.75) is 25.5 Å². The number of nitrogens with zero attached hydrogens (tertiary/aromatic N) is 1. The van der Waals surface area contributed by atoms with E-state index in [4.69, 9.17) is 0 Å². The van der Waals surface area contributed by atoms with Crippen LogP contribution in [0.4, 0.5) is 0 Å². The molecule has 3 N–H and O–H groups in total. The number of aliphatic hydroxyl groups excluding tert-OH is 1. The fourth-order valence-electron chi connectivity index (χ4n) is 3.26. The van der Waals surface area contributed by atoms with Crippen LogP contribution < -0.4 is 10.6 Å². The van der Waals surface area contributed by atoms with Crippen molar-refractivity contribution in [1.82, 2.24) is 15.5 Å². The monoisotopic (exact) mass is 375 g/mol. The summed E-state index contributed by atoms with van der Waals surface area (Å²) >= 11 is 0. The van der Waals surface area contributed by atoms with Crippen molar-refractivity contribution in [3.63, 3.8) is 0 Å². The molecule has 136 valence electrons. The number of halogens is 2. The first-order valence-corrected chi connectivity index (χ1v) is 8.20. The molecule has 0 aromatic heterocycles. The quantitative estimate of drug-likeness (QED) is 0.728. The molecule has 1 aromatic rings. The van der Waals surface area contributed by atoms with E-state index < -0.39 is 0 Å². The van der Waals surface area contributed by atoms with Crippen molar-refractivity contribution < 1.29 is 9.90 Å². The maximum absolute atomic E-state index is 12.3. The van der Waals surface area contributed by atoms with E-state index in [0.717, 1.165) is 26.2 Å². The minimum atomic E-state index is -0.359. The van der Waals surface area contributed by atoms with E-state index in [1.807, 2.05) is 18.2 Å². The summed E-state index contributed by atoms with van der Waals surface area (Å²) in [6.45, 7) is 5.13. The van der Waals surface area contributed by atoms with Crippen molar-refractivity contribution >= 4 is 30.7 Å². The molecule has 24 heavy (non-hydrogen) atoms. The molecular weight excluding hydrogens is 349 g/mol. The molecule has 2 aliphatic heterocycles. The smallest absolute Gasteiger partial charge is 0.251 e. The highest BCUT2D eigenvalue weighted by Crippen LogP contribution is 2.14. The SMILES string of the molecule is Cl.Cl.O=C(NCC1CNCC1O)c1cccc(CN2CCCC2)c1. The first-order chi connectivity index (χ1) is 10.7. The predicted molar refractivity (Wildman–Crippen MR) is 100 cm³/mol. The van der Waals surface area contributed by atoms with Crippen molar-refractivity contribution in [2.75, 3.05) is 32.7 Å². The summed E-state index contributed by atoms with van der Waals surface area (Å²) in [5, 5.41) is 15.8. The molecule has 5 nitrogen and oxygen atoms in total. The largest absolute Gasteiger partial charge is 0.391 e. The second kappa shape index (κ2) is 10.2. The minimum absolute atomic E-state index is 0. The Hall–Kier alpha value is -0.850. The fraction of sp³-hybridized carbons (Fsp3) is 0.588. The van der Waals surface area contributed by atoms with Crippen LogP contribution >= 0.6 is 24.8 Å². The Balaban J connectivity index is 0.00000144. The van der Waals surface area contributed by atoms with E-state index in [1.54, 1.807) is 0 Å². The van der Waals surface area contributed by atoms with E-state index in [-0.39, 0.29) is 42.7 Å². The topological polar surface area (TPSA) is 64.6 Å². The summed E-state index contributed by atoms with van der Waals surface area (Å²) in [5.41, 5.74) is 1.90. The number of carbonyl (C=O) groups is 1. The van der Waals surface area contributed by atoms with E-state index in [9.17, 15) is 9.90 Å². The molecule has 0 bridgehead atoms. The third-order valence-corrected chi connectivity index (χ3v) is 4.62. The molecule has 3 rings (SSSR count). The summed E-state index contributed by atoms with van der Waals surface area (Å²) in [6.07, 6.45) is 2.19. The van der Waals surface area contributed by atoms with Crippen LogP contribution in [0, 0.1) is 5.92 Å². The van der Waals surface area contributed by atoms with Crippen LogP contribution in [0.2, 0.25) is 0 Å². The molecule has 0 spiro atoms. The van der Waals surface area contributed by atoms with Gasteiger partial charge in [-0.25, -0.2) is 0 Å². The highest BCUT2D eigenvalue weighted by Gasteiger charge is 2.25. The molecule has 2 saturated heterocycles. The zero-order valence-electron chi connectivity index (χ0n) is 13.7.